The van der Waals surface area contributed by atoms with Gasteiger partial charge in [0, 0.05) is 18.0 Å². The number of aryl methyl sites for hydroxylation is 1. The van der Waals surface area contributed by atoms with Crippen molar-refractivity contribution in [3.63, 3.8) is 0 Å². The van der Waals surface area contributed by atoms with Crippen LogP contribution >= 0.6 is 11.6 Å². The van der Waals surface area contributed by atoms with Crippen molar-refractivity contribution in [2.45, 2.75) is 6.92 Å². The molecule has 0 saturated heterocycles. The van der Waals surface area contributed by atoms with Crippen molar-refractivity contribution in [1.29, 1.82) is 0 Å². The number of hydrogen-bond donors (Lipinski definition) is 2. The van der Waals surface area contributed by atoms with Crippen molar-refractivity contribution in [1.82, 2.24) is 24.8 Å². The Morgan fingerprint density at radius 1 is 1.47 bits per heavy atom. The molecule has 0 radical (unpaired) electrons. The number of H-pyrrole nitrogens is 1. The van der Waals surface area contributed by atoms with Crippen molar-refractivity contribution in [3.05, 3.63) is 35.4 Å². The van der Waals surface area contributed by atoms with Crippen LogP contribution in [0.4, 0.5) is 11.6 Å². The van der Waals surface area contributed by atoms with E-state index in [1.807, 2.05) is 31.3 Å². The summed E-state index contributed by atoms with van der Waals surface area (Å²) < 4.78 is 1.66. The summed E-state index contributed by atoms with van der Waals surface area (Å²) in [5, 5.41) is 14.3. The van der Waals surface area contributed by atoms with Crippen molar-refractivity contribution in [3.8, 4) is 0 Å². The van der Waals surface area contributed by atoms with E-state index in [0.717, 1.165) is 11.2 Å². The minimum atomic E-state index is 0.184. The van der Waals surface area contributed by atoms with Gasteiger partial charge in [0.15, 0.2) is 11.6 Å². The molecule has 0 aromatic carbocycles. The monoisotopic (exact) mass is 248 g/mol. The quantitative estimate of drug-likeness (QED) is 0.729. The van der Waals surface area contributed by atoms with Gasteiger partial charge >= 0.3 is 0 Å². The maximum atomic E-state index is 5.84. The van der Waals surface area contributed by atoms with E-state index in [-0.39, 0.29) is 5.28 Å². The Kier molecular flexibility index (Phi) is 2.22. The van der Waals surface area contributed by atoms with Crippen molar-refractivity contribution < 1.29 is 0 Å². The van der Waals surface area contributed by atoms with E-state index in [1.165, 1.54) is 0 Å². The molecular weight excluding hydrogens is 240 g/mol. The highest BCUT2D eigenvalue weighted by Crippen LogP contribution is 2.20. The molecule has 3 aromatic heterocycles. The van der Waals surface area contributed by atoms with E-state index < -0.39 is 0 Å². The summed E-state index contributed by atoms with van der Waals surface area (Å²) in [5.74, 6) is 1.32. The second kappa shape index (κ2) is 3.74. The lowest BCUT2D eigenvalue weighted by Crippen LogP contribution is -2.01. The van der Waals surface area contributed by atoms with E-state index >= 15 is 0 Å². The van der Waals surface area contributed by atoms with Crippen molar-refractivity contribution >= 4 is 28.8 Å². The average Bonchev–Trinajstić information content (AvgIpc) is 2.87. The highest BCUT2D eigenvalue weighted by molar-refractivity contribution is 6.28. The fourth-order valence-corrected chi connectivity index (χ4v) is 1.77. The van der Waals surface area contributed by atoms with E-state index in [2.05, 4.69) is 25.6 Å². The van der Waals surface area contributed by atoms with Gasteiger partial charge in [-0.15, -0.1) is 5.10 Å². The first kappa shape index (κ1) is 10.1. The summed E-state index contributed by atoms with van der Waals surface area (Å²) in [6.45, 7) is 1.93. The summed E-state index contributed by atoms with van der Waals surface area (Å²) in [6, 6.07) is 5.66. The average molecular weight is 249 g/mol. The maximum absolute atomic E-state index is 5.84. The van der Waals surface area contributed by atoms with E-state index in [0.29, 0.717) is 11.6 Å². The van der Waals surface area contributed by atoms with Gasteiger partial charge in [-0.3, -0.25) is 5.10 Å². The standard InChI is InChI=1S/C10H9ClN6/c1-6-5-8(15-14-6)12-9-7-3-2-4-17(7)16-10(11)13-9/h2-5H,1H3,(H2,12,13,14,15,16). The van der Waals surface area contributed by atoms with Crippen LogP contribution in [0.1, 0.15) is 5.69 Å². The number of aromatic amines is 1. The molecule has 0 saturated carbocycles. The molecule has 0 spiro atoms. The summed E-state index contributed by atoms with van der Waals surface area (Å²) in [6.07, 6.45) is 1.81. The van der Waals surface area contributed by atoms with E-state index in [1.54, 1.807) is 4.52 Å². The number of hydrogen-bond acceptors (Lipinski definition) is 4. The number of rotatable bonds is 2. The van der Waals surface area contributed by atoms with Crippen molar-refractivity contribution in [2.75, 3.05) is 5.32 Å². The minimum Gasteiger partial charge on any atom is -0.322 e. The molecule has 3 rings (SSSR count). The van der Waals surface area contributed by atoms with Gasteiger partial charge in [-0.25, -0.2) is 4.52 Å². The molecule has 0 unspecified atom stereocenters. The molecule has 0 aliphatic heterocycles. The van der Waals surface area contributed by atoms with Gasteiger partial charge < -0.3 is 5.32 Å². The number of halogens is 1. The van der Waals surface area contributed by atoms with Gasteiger partial charge in [-0.2, -0.15) is 10.1 Å². The van der Waals surface area contributed by atoms with Crippen LogP contribution in [0.2, 0.25) is 5.28 Å². The Bertz CT molecular complexity index is 670. The van der Waals surface area contributed by atoms with E-state index in [4.69, 9.17) is 11.6 Å². The van der Waals surface area contributed by atoms with Gasteiger partial charge in [-0.1, -0.05) is 0 Å². The first-order chi connectivity index (χ1) is 8.22. The van der Waals surface area contributed by atoms with Gasteiger partial charge in [0.2, 0.25) is 5.28 Å². The number of fused-ring (bicyclic) bond motifs is 1. The second-order valence-corrected chi connectivity index (χ2v) is 3.97. The Hall–Kier alpha value is -2.08. The Morgan fingerprint density at radius 2 is 2.35 bits per heavy atom. The summed E-state index contributed by atoms with van der Waals surface area (Å²) >= 11 is 5.84. The van der Waals surface area contributed by atoms with E-state index in [9.17, 15) is 0 Å². The molecule has 2 N–H and O–H groups in total. The largest absolute Gasteiger partial charge is 0.322 e. The van der Waals surface area contributed by atoms with Crippen LogP contribution < -0.4 is 5.32 Å². The predicted octanol–water partition coefficient (Wildman–Crippen LogP) is 2.16. The number of anilines is 2. The van der Waals surface area contributed by atoms with Crippen LogP contribution in [-0.2, 0) is 0 Å². The molecule has 0 atom stereocenters. The normalized spacial score (nSPS) is 10.9. The SMILES string of the molecule is Cc1cc(Nc2nc(Cl)nn3cccc23)n[nH]1. The molecule has 7 heteroatoms. The van der Waals surface area contributed by atoms with Gasteiger partial charge in [0.25, 0.3) is 0 Å². The molecule has 0 bridgehead atoms. The molecule has 3 aromatic rings. The molecule has 0 amide bonds. The fraction of sp³-hybridized carbons (Fsp3) is 0.100. The zero-order valence-electron chi connectivity index (χ0n) is 8.98. The predicted molar refractivity (Wildman–Crippen MR) is 64.6 cm³/mol. The second-order valence-electron chi connectivity index (χ2n) is 3.63. The zero-order valence-corrected chi connectivity index (χ0v) is 9.73. The molecule has 0 fully saturated rings. The van der Waals surface area contributed by atoms with Crippen LogP contribution in [0.3, 0.4) is 0 Å². The van der Waals surface area contributed by atoms with Crippen LogP contribution in [0.5, 0.6) is 0 Å². The fourth-order valence-electron chi connectivity index (χ4n) is 1.60. The van der Waals surface area contributed by atoms with Crippen molar-refractivity contribution in [2.24, 2.45) is 0 Å². The van der Waals surface area contributed by atoms with Gasteiger partial charge in [-0.05, 0) is 30.7 Å². The molecule has 0 aliphatic carbocycles. The van der Waals surface area contributed by atoms with Gasteiger partial charge in [0.05, 0.1) is 0 Å². The number of nitrogens with one attached hydrogen (secondary N) is 2. The highest BCUT2D eigenvalue weighted by atomic mass is 35.5. The molecule has 6 nitrogen and oxygen atoms in total. The Balaban J connectivity index is 2.07. The lowest BCUT2D eigenvalue weighted by Gasteiger charge is -2.04. The first-order valence-electron chi connectivity index (χ1n) is 5.02. The lowest BCUT2D eigenvalue weighted by atomic mass is 10.4. The third-order valence-corrected chi connectivity index (χ3v) is 2.48. The molecule has 17 heavy (non-hydrogen) atoms. The number of aromatic nitrogens is 5. The summed E-state index contributed by atoms with van der Waals surface area (Å²) in [5.41, 5.74) is 1.81. The highest BCUT2D eigenvalue weighted by Gasteiger charge is 2.07. The molecule has 0 aliphatic rings. The van der Waals surface area contributed by atoms with Crippen LogP contribution in [0.15, 0.2) is 24.4 Å². The third-order valence-electron chi connectivity index (χ3n) is 2.32. The summed E-state index contributed by atoms with van der Waals surface area (Å²) in [7, 11) is 0. The Labute approximate surface area is 102 Å². The Morgan fingerprint density at radius 3 is 3.12 bits per heavy atom. The van der Waals surface area contributed by atoms with Crippen LogP contribution in [0, 0.1) is 6.92 Å². The zero-order chi connectivity index (χ0) is 11.8. The number of nitrogens with zero attached hydrogens (tertiary/aromatic N) is 4. The van der Waals surface area contributed by atoms with Crippen LogP contribution in [-0.4, -0.2) is 24.8 Å². The lowest BCUT2D eigenvalue weighted by molar-refractivity contribution is 0.906. The molecular formula is C10H9ClN6. The minimum absolute atomic E-state index is 0.184. The topological polar surface area (TPSA) is 70.9 Å². The third kappa shape index (κ3) is 1.83. The van der Waals surface area contributed by atoms with Gasteiger partial charge in [0.1, 0.15) is 5.52 Å². The first-order valence-corrected chi connectivity index (χ1v) is 5.40. The van der Waals surface area contributed by atoms with Crippen LogP contribution in [0.25, 0.3) is 5.52 Å². The maximum Gasteiger partial charge on any atom is 0.243 e. The molecule has 3 heterocycles. The molecule has 86 valence electrons. The smallest absolute Gasteiger partial charge is 0.243 e. The summed E-state index contributed by atoms with van der Waals surface area (Å²) in [4.78, 5) is 4.15.